The Labute approximate surface area is 124 Å². The van der Waals surface area contributed by atoms with Gasteiger partial charge in [0.15, 0.2) is 0 Å². The summed E-state index contributed by atoms with van der Waals surface area (Å²) in [6.45, 7) is 4.56. The maximum Gasteiger partial charge on any atom is 0.0889 e. The maximum atomic E-state index is 4.62. The van der Waals surface area contributed by atoms with Crippen LogP contribution >= 0.6 is 0 Å². The number of nitrogens with zero attached hydrogens (tertiary/aromatic N) is 2. The molecule has 0 N–H and O–H groups in total. The molecule has 2 heteroatoms. The Morgan fingerprint density at radius 3 is 2.38 bits per heavy atom. The highest BCUT2D eigenvalue weighted by atomic mass is 14.8. The minimum absolute atomic E-state index is 0.0123. The van der Waals surface area contributed by atoms with Crippen molar-refractivity contribution in [2.75, 3.05) is 0 Å². The summed E-state index contributed by atoms with van der Waals surface area (Å²) in [7, 11) is 0. The fourth-order valence-corrected chi connectivity index (χ4v) is 3.25. The van der Waals surface area contributed by atoms with E-state index in [1.54, 1.807) is 0 Å². The van der Waals surface area contributed by atoms with E-state index in [0.717, 1.165) is 11.4 Å². The third kappa shape index (κ3) is 1.72. The van der Waals surface area contributed by atoms with E-state index in [0.29, 0.717) is 0 Å². The van der Waals surface area contributed by atoms with Crippen LogP contribution in [0.4, 0.5) is 0 Å². The minimum Gasteiger partial charge on any atom is -0.255 e. The zero-order valence-electron chi connectivity index (χ0n) is 12.2. The molecule has 0 saturated carbocycles. The molecule has 1 aromatic carbocycles. The highest BCUT2D eigenvalue weighted by Gasteiger charge is 2.35. The topological polar surface area (TPSA) is 25.8 Å². The first-order chi connectivity index (χ1) is 10.2. The Hall–Kier alpha value is -2.48. The van der Waals surface area contributed by atoms with Crippen molar-refractivity contribution < 1.29 is 0 Å². The van der Waals surface area contributed by atoms with Gasteiger partial charge in [0.1, 0.15) is 0 Å². The summed E-state index contributed by atoms with van der Waals surface area (Å²) in [6.07, 6.45) is 3.80. The molecular formula is C19H16N2. The summed E-state index contributed by atoms with van der Waals surface area (Å²) >= 11 is 0. The Morgan fingerprint density at radius 1 is 0.762 bits per heavy atom. The van der Waals surface area contributed by atoms with Gasteiger partial charge in [-0.25, -0.2) is 0 Å². The quantitative estimate of drug-likeness (QED) is 0.654. The van der Waals surface area contributed by atoms with Crippen LogP contribution in [0.25, 0.3) is 22.5 Å². The number of rotatable bonds is 1. The molecule has 0 fully saturated rings. The molecule has 0 bridgehead atoms. The van der Waals surface area contributed by atoms with Crippen molar-refractivity contribution in [3.63, 3.8) is 0 Å². The first-order valence-electron chi connectivity index (χ1n) is 7.20. The number of hydrogen-bond donors (Lipinski definition) is 0. The van der Waals surface area contributed by atoms with Crippen molar-refractivity contribution in [3.05, 3.63) is 72.1 Å². The molecule has 1 aliphatic rings. The molecule has 0 unspecified atom stereocenters. The van der Waals surface area contributed by atoms with Gasteiger partial charge >= 0.3 is 0 Å². The van der Waals surface area contributed by atoms with Gasteiger partial charge in [-0.15, -0.1) is 0 Å². The molecule has 0 aliphatic heterocycles. The molecule has 0 atom stereocenters. The van der Waals surface area contributed by atoms with Crippen LogP contribution < -0.4 is 0 Å². The number of fused-ring (bicyclic) bond motifs is 3. The second-order valence-corrected chi connectivity index (χ2v) is 6.00. The van der Waals surface area contributed by atoms with Gasteiger partial charge in [-0.2, -0.15) is 0 Å². The van der Waals surface area contributed by atoms with Crippen LogP contribution in [0, 0.1) is 0 Å². The highest BCUT2D eigenvalue weighted by molar-refractivity contribution is 5.81. The lowest BCUT2D eigenvalue weighted by Gasteiger charge is -2.21. The normalized spacial score (nSPS) is 14.6. The van der Waals surface area contributed by atoms with E-state index in [-0.39, 0.29) is 5.41 Å². The number of hydrogen-bond acceptors (Lipinski definition) is 2. The molecule has 0 radical (unpaired) electrons. The highest BCUT2D eigenvalue weighted by Crippen LogP contribution is 2.48. The molecule has 2 aromatic heterocycles. The second kappa shape index (κ2) is 4.26. The van der Waals surface area contributed by atoms with Gasteiger partial charge in [-0.1, -0.05) is 44.2 Å². The van der Waals surface area contributed by atoms with E-state index < -0.39 is 0 Å². The predicted octanol–water partition coefficient (Wildman–Crippen LogP) is 4.45. The smallest absolute Gasteiger partial charge is 0.0889 e. The van der Waals surface area contributed by atoms with Gasteiger partial charge in [0, 0.05) is 23.4 Å². The minimum atomic E-state index is 0.0123. The first-order valence-corrected chi connectivity index (χ1v) is 7.20. The molecule has 102 valence electrons. The molecule has 21 heavy (non-hydrogen) atoms. The molecule has 2 heterocycles. The standard InChI is InChI=1S/C19H16N2/c1-19(2)15-8-4-3-7-13(15)14-12-21-18(11-16(14)19)17-9-5-6-10-20-17/h3-12H,1-2H3. The van der Waals surface area contributed by atoms with Gasteiger partial charge in [-0.3, -0.25) is 9.97 Å². The van der Waals surface area contributed by atoms with E-state index in [2.05, 4.69) is 54.1 Å². The summed E-state index contributed by atoms with van der Waals surface area (Å²) in [5.41, 5.74) is 7.13. The summed E-state index contributed by atoms with van der Waals surface area (Å²) < 4.78 is 0. The zero-order chi connectivity index (χ0) is 14.4. The summed E-state index contributed by atoms with van der Waals surface area (Å²) in [6, 6.07) is 16.7. The second-order valence-electron chi connectivity index (χ2n) is 6.00. The van der Waals surface area contributed by atoms with E-state index in [4.69, 9.17) is 0 Å². The lowest BCUT2D eigenvalue weighted by Crippen LogP contribution is -2.15. The Morgan fingerprint density at radius 2 is 1.57 bits per heavy atom. The molecule has 2 nitrogen and oxygen atoms in total. The van der Waals surface area contributed by atoms with Crippen LogP contribution in [0.1, 0.15) is 25.0 Å². The van der Waals surface area contributed by atoms with Crippen molar-refractivity contribution in [1.82, 2.24) is 9.97 Å². The predicted molar refractivity (Wildman–Crippen MR) is 85.0 cm³/mol. The number of pyridine rings is 2. The third-order valence-electron chi connectivity index (χ3n) is 4.40. The number of benzene rings is 1. The maximum absolute atomic E-state index is 4.62. The van der Waals surface area contributed by atoms with Gasteiger partial charge in [-0.05, 0) is 34.9 Å². The van der Waals surface area contributed by atoms with Crippen molar-refractivity contribution in [1.29, 1.82) is 0 Å². The van der Waals surface area contributed by atoms with Gasteiger partial charge in [0.05, 0.1) is 11.4 Å². The van der Waals surface area contributed by atoms with Crippen LogP contribution in [0.5, 0.6) is 0 Å². The molecule has 0 saturated heterocycles. The van der Waals surface area contributed by atoms with E-state index in [9.17, 15) is 0 Å². The summed E-state index contributed by atoms with van der Waals surface area (Å²) in [5.74, 6) is 0. The van der Waals surface area contributed by atoms with Gasteiger partial charge < -0.3 is 0 Å². The average Bonchev–Trinajstić information content (AvgIpc) is 2.77. The molecule has 0 spiro atoms. The van der Waals surface area contributed by atoms with Crippen LogP contribution in [-0.2, 0) is 5.41 Å². The van der Waals surface area contributed by atoms with E-state index >= 15 is 0 Å². The SMILES string of the molecule is CC1(C)c2ccccc2-c2cnc(-c3ccccn3)cc21. The zero-order valence-corrected chi connectivity index (χ0v) is 12.2. The van der Waals surface area contributed by atoms with Crippen LogP contribution in [0.15, 0.2) is 60.9 Å². The lowest BCUT2D eigenvalue weighted by molar-refractivity contribution is 0.660. The monoisotopic (exact) mass is 272 g/mol. The first kappa shape index (κ1) is 12.3. The molecule has 4 rings (SSSR count). The van der Waals surface area contributed by atoms with E-state index in [1.807, 2.05) is 30.6 Å². The molecule has 0 amide bonds. The van der Waals surface area contributed by atoms with E-state index in [1.165, 1.54) is 22.3 Å². The van der Waals surface area contributed by atoms with Crippen LogP contribution in [0.3, 0.4) is 0 Å². The van der Waals surface area contributed by atoms with Gasteiger partial charge in [0.25, 0.3) is 0 Å². The Bertz CT molecular complexity index is 820. The number of aromatic nitrogens is 2. The fraction of sp³-hybridized carbons (Fsp3) is 0.158. The van der Waals surface area contributed by atoms with Crippen molar-refractivity contribution in [3.8, 4) is 22.5 Å². The lowest BCUT2D eigenvalue weighted by atomic mass is 9.82. The summed E-state index contributed by atoms with van der Waals surface area (Å²) in [4.78, 5) is 9.03. The average molecular weight is 272 g/mol. The Kier molecular flexibility index (Phi) is 2.49. The largest absolute Gasteiger partial charge is 0.255 e. The third-order valence-corrected chi connectivity index (χ3v) is 4.40. The molecular weight excluding hydrogens is 256 g/mol. The van der Waals surface area contributed by atoms with Crippen LogP contribution in [0.2, 0.25) is 0 Å². The van der Waals surface area contributed by atoms with Gasteiger partial charge in [0.2, 0.25) is 0 Å². The molecule has 1 aliphatic carbocycles. The van der Waals surface area contributed by atoms with Crippen LogP contribution in [-0.4, -0.2) is 9.97 Å². The van der Waals surface area contributed by atoms with Crippen molar-refractivity contribution >= 4 is 0 Å². The summed E-state index contributed by atoms with van der Waals surface area (Å²) in [5, 5.41) is 0. The fourth-order valence-electron chi connectivity index (χ4n) is 3.25. The molecule has 3 aromatic rings. The van der Waals surface area contributed by atoms with Crippen molar-refractivity contribution in [2.45, 2.75) is 19.3 Å². The Balaban J connectivity index is 1.94. The van der Waals surface area contributed by atoms with Crippen molar-refractivity contribution in [2.24, 2.45) is 0 Å².